The van der Waals surface area contributed by atoms with Crippen LogP contribution in [0, 0.1) is 0 Å². The number of nitrogens with zero attached hydrogens (tertiary/aromatic N) is 5. The van der Waals surface area contributed by atoms with Crippen molar-refractivity contribution in [1.29, 1.82) is 0 Å². The van der Waals surface area contributed by atoms with Gasteiger partial charge in [0.25, 0.3) is 13.4 Å². The lowest BCUT2D eigenvalue weighted by Crippen LogP contribution is -2.64. The van der Waals surface area contributed by atoms with Crippen molar-refractivity contribution in [1.82, 2.24) is 0 Å². The van der Waals surface area contributed by atoms with Crippen molar-refractivity contribution in [2.75, 3.05) is 24.5 Å². The molecule has 0 saturated carbocycles. The lowest BCUT2D eigenvalue weighted by Gasteiger charge is -2.47. The molecule has 0 unspecified atom stereocenters. The Kier molecular flexibility index (Phi) is 16.4. The van der Waals surface area contributed by atoms with E-state index < -0.39 is 0 Å². The minimum Gasteiger partial charge on any atom is -0.458 e. The molecule has 0 radical (unpaired) electrons. The fourth-order valence-corrected chi connectivity index (χ4v) is 17.5. The van der Waals surface area contributed by atoms with E-state index in [0.717, 1.165) is 141 Å². The van der Waals surface area contributed by atoms with Crippen molar-refractivity contribution in [2.24, 2.45) is 0 Å². The summed E-state index contributed by atoms with van der Waals surface area (Å²) in [6, 6.07) is 132. The number of rotatable bonds is 12. The van der Waals surface area contributed by atoms with Gasteiger partial charge in [-0.2, -0.15) is 0 Å². The van der Waals surface area contributed by atoms with E-state index in [1.165, 1.54) is 38.5 Å². The van der Waals surface area contributed by atoms with Crippen molar-refractivity contribution in [3.8, 4) is 44.9 Å². The second kappa shape index (κ2) is 26.6. The third kappa shape index (κ3) is 11.6. The van der Waals surface area contributed by atoms with E-state index in [2.05, 4.69) is 439 Å². The quantitative estimate of drug-likeness (QED) is 0.113. The molecule has 15 aromatic rings. The zero-order chi connectivity index (χ0) is 74.7. The Bertz CT molecular complexity index is 5990. The molecular formula is C102H85B2N5O. The van der Waals surface area contributed by atoms with Gasteiger partial charge >= 0.3 is 0 Å². The smallest absolute Gasteiger partial charge is 0.256 e. The summed E-state index contributed by atoms with van der Waals surface area (Å²) >= 11 is 0. The van der Waals surface area contributed by atoms with Gasteiger partial charge in [-0.3, -0.25) is 0 Å². The van der Waals surface area contributed by atoms with Gasteiger partial charge in [-0.15, -0.1) is 0 Å². The van der Waals surface area contributed by atoms with Crippen molar-refractivity contribution in [2.45, 2.75) is 78.6 Å². The predicted molar refractivity (Wildman–Crippen MR) is 468 cm³/mol. The van der Waals surface area contributed by atoms with E-state index in [-0.39, 0.29) is 29.7 Å². The van der Waals surface area contributed by atoms with E-state index in [1.54, 1.807) is 0 Å². The highest BCUT2D eigenvalue weighted by atomic mass is 16.5. The van der Waals surface area contributed by atoms with Gasteiger partial charge in [-0.1, -0.05) is 305 Å². The summed E-state index contributed by atoms with van der Waals surface area (Å²) in [5, 5.41) is 0. The summed E-state index contributed by atoms with van der Waals surface area (Å²) in [5.41, 5.74) is 33.6. The standard InChI is InChI=1S/C102H85B2N5O/c1-100(2,3)71-56-50-68(51-57-71)80-40-22-27-45-87(80)106(76-36-18-12-19-37-76)78-62-93-98-94(63-78)109(89-47-29-24-42-82(89)70-54-60-73(61-55-70)102(7,8)9)92-67-91-85(66-86(92)103(98)83-43-25-30-48-90(83)108(93)88-46-28-23-41-81(88)69-52-58-72(59-53-69)101(4,5)6)104-84-44-26-31-49-96(84)110-97-65-79(64-95(99(97)104)107(91)77-38-20-13-21-39-77)105(74-32-14-10-15-33-74)75-34-16-11-17-35-75/h10-67H,1-9H3. The Balaban J connectivity index is 0.943. The molecule has 8 heteroatoms. The van der Waals surface area contributed by atoms with Gasteiger partial charge < -0.3 is 29.2 Å². The van der Waals surface area contributed by atoms with Gasteiger partial charge in [0.15, 0.2) is 0 Å². The van der Waals surface area contributed by atoms with Crippen molar-refractivity contribution in [3.63, 3.8) is 0 Å². The maximum atomic E-state index is 7.40. The Labute approximate surface area is 648 Å². The van der Waals surface area contributed by atoms with E-state index >= 15 is 0 Å². The molecule has 15 aromatic carbocycles. The molecule has 4 heterocycles. The van der Waals surface area contributed by atoms with E-state index in [4.69, 9.17) is 4.74 Å². The molecule has 0 amide bonds. The first kappa shape index (κ1) is 67.8. The molecule has 4 aliphatic rings. The summed E-state index contributed by atoms with van der Waals surface area (Å²) in [6.45, 7) is 20.2. The maximum absolute atomic E-state index is 7.40. The fourth-order valence-electron chi connectivity index (χ4n) is 17.5. The number of hydrogen-bond donors (Lipinski definition) is 0. The second-order valence-electron chi connectivity index (χ2n) is 32.9. The molecule has 19 rings (SSSR count). The van der Waals surface area contributed by atoms with Crippen LogP contribution in [0.1, 0.15) is 79.0 Å². The van der Waals surface area contributed by atoms with E-state index in [9.17, 15) is 0 Å². The van der Waals surface area contributed by atoms with Gasteiger partial charge in [0.1, 0.15) is 11.5 Å². The minimum atomic E-state index is -0.276. The molecule has 0 aliphatic carbocycles. The number of para-hydroxylation sites is 9. The first-order valence-corrected chi connectivity index (χ1v) is 38.7. The van der Waals surface area contributed by atoms with Crippen LogP contribution in [0.5, 0.6) is 11.5 Å². The zero-order valence-corrected chi connectivity index (χ0v) is 63.8. The lowest BCUT2D eigenvalue weighted by atomic mass is 9.30. The normalized spacial score (nSPS) is 13.1. The topological polar surface area (TPSA) is 25.4 Å². The second-order valence-corrected chi connectivity index (χ2v) is 32.9. The average Bonchev–Trinajstić information content (AvgIpc) is 0.682. The van der Waals surface area contributed by atoms with E-state index in [0.29, 0.717) is 0 Å². The summed E-state index contributed by atoms with van der Waals surface area (Å²) in [7, 11) is 0. The van der Waals surface area contributed by atoms with Crippen LogP contribution in [-0.4, -0.2) is 13.4 Å². The van der Waals surface area contributed by atoms with Crippen LogP contribution >= 0.6 is 0 Å². The van der Waals surface area contributed by atoms with Crippen LogP contribution < -0.4 is 62.0 Å². The number of benzene rings is 15. The third-order valence-corrected chi connectivity index (χ3v) is 22.9. The predicted octanol–water partition coefficient (Wildman–Crippen LogP) is 24.0. The van der Waals surface area contributed by atoms with Gasteiger partial charge in [-0.25, -0.2) is 0 Å². The number of hydrogen-bond acceptors (Lipinski definition) is 6. The lowest BCUT2D eigenvalue weighted by molar-refractivity contribution is 0.487. The first-order chi connectivity index (χ1) is 53.5. The maximum Gasteiger partial charge on any atom is 0.256 e. The van der Waals surface area contributed by atoms with Gasteiger partial charge in [0.05, 0.1) is 28.4 Å². The van der Waals surface area contributed by atoms with Crippen LogP contribution in [-0.2, 0) is 16.2 Å². The molecule has 0 atom stereocenters. The van der Waals surface area contributed by atoms with Gasteiger partial charge in [0.2, 0.25) is 0 Å². The molecule has 0 bridgehead atoms. The van der Waals surface area contributed by atoms with Crippen molar-refractivity contribution >= 4 is 132 Å². The molecule has 4 aliphatic heterocycles. The third-order valence-electron chi connectivity index (χ3n) is 22.9. The summed E-state index contributed by atoms with van der Waals surface area (Å²) in [4.78, 5) is 12.7. The molecule has 0 fully saturated rings. The monoisotopic (exact) mass is 1420 g/mol. The van der Waals surface area contributed by atoms with Crippen molar-refractivity contribution in [3.05, 3.63) is 369 Å². The molecule has 0 N–H and O–H groups in total. The van der Waals surface area contributed by atoms with Gasteiger partial charge in [-0.05, 0) is 186 Å². The number of anilines is 15. The molecule has 6 nitrogen and oxygen atoms in total. The average molecular weight is 1420 g/mol. The first-order valence-electron chi connectivity index (χ1n) is 38.7. The highest BCUT2D eigenvalue weighted by molar-refractivity contribution is 7.02. The van der Waals surface area contributed by atoms with Crippen LogP contribution in [0.25, 0.3) is 33.4 Å². The molecular weight excluding hydrogens is 1330 g/mol. The molecule has 0 saturated heterocycles. The molecule has 530 valence electrons. The largest absolute Gasteiger partial charge is 0.458 e. The molecule has 110 heavy (non-hydrogen) atoms. The van der Waals surface area contributed by atoms with Crippen LogP contribution in [0.3, 0.4) is 0 Å². The molecule has 0 aromatic heterocycles. The fraction of sp³-hybridized carbons (Fsp3) is 0.118. The number of fused-ring (bicyclic) bond motifs is 8. The van der Waals surface area contributed by atoms with Crippen molar-refractivity contribution < 1.29 is 4.74 Å². The van der Waals surface area contributed by atoms with Gasteiger partial charge in [0, 0.05) is 79.6 Å². The Morgan fingerprint density at radius 2 is 0.618 bits per heavy atom. The molecule has 0 spiro atoms. The highest BCUT2D eigenvalue weighted by Gasteiger charge is 2.49. The van der Waals surface area contributed by atoms with Crippen LogP contribution in [0.15, 0.2) is 352 Å². The summed E-state index contributed by atoms with van der Waals surface area (Å²) in [6.07, 6.45) is 0. The Morgan fingerprint density at radius 3 is 1.13 bits per heavy atom. The summed E-state index contributed by atoms with van der Waals surface area (Å²) in [5.74, 6) is 1.67. The zero-order valence-electron chi connectivity index (χ0n) is 63.8. The SMILES string of the molecule is CC(C)(C)c1ccc(-c2ccccc2N(c2ccccc2)c2cc3c4c(c2)N(c2ccccc2-c2ccc(C(C)(C)C)cc2)c2cc5c(cc2B4c2ccccc2N3c2ccccc2-c2ccc(C(C)(C)C)cc2)B2c3ccccc3Oc3cc(N(c4ccccc4)c4ccccc4)cc(c32)N5c2ccccc2)cc1. The summed E-state index contributed by atoms with van der Waals surface area (Å²) < 4.78 is 7.40. The van der Waals surface area contributed by atoms with E-state index in [1.807, 2.05) is 0 Å². The van der Waals surface area contributed by atoms with Crippen LogP contribution in [0.4, 0.5) is 85.3 Å². The number of ether oxygens (including phenoxy) is 1. The Morgan fingerprint density at radius 1 is 0.245 bits per heavy atom. The minimum absolute atomic E-state index is 0.0194. The van der Waals surface area contributed by atoms with Crippen LogP contribution in [0.2, 0.25) is 0 Å². The highest BCUT2D eigenvalue weighted by Crippen LogP contribution is 2.54. The Hall–Kier alpha value is -12.8.